The van der Waals surface area contributed by atoms with Crippen molar-refractivity contribution in [3.8, 4) is 0 Å². The first-order valence-electron chi connectivity index (χ1n) is 5.05. The molecule has 0 spiro atoms. The Kier molecular flexibility index (Phi) is 2.48. The minimum Gasteiger partial charge on any atom is -0.329 e. The number of aromatic amines is 1. The van der Waals surface area contributed by atoms with Gasteiger partial charge in [-0.15, -0.1) is 0 Å². The summed E-state index contributed by atoms with van der Waals surface area (Å²) < 4.78 is 0. The summed E-state index contributed by atoms with van der Waals surface area (Å²) in [6.45, 7) is 0. The molecule has 1 aliphatic carbocycles. The number of nitrogens with one attached hydrogen (secondary N) is 1. The van der Waals surface area contributed by atoms with Crippen LogP contribution in [0.1, 0.15) is 43.6 Å². The van der Waals surface area contributed by atoms with Crippen LogP contribution in [0.5, 0.6) is 0 Å². The molecule has 0 aromatic carbocycles. The summed E-state index contributed by atoms with van der Waals surface area (Å²) in [5, 5.41) is 0. The Labute approximate surface area is 78.0 Å². The van der Waals surface area contributed by atoms with Gasteiger partial charge in [-0.1, -0.05) is 25.3 Å². The van der Waals surface area contributed by atoms with Crippen molar-refractivity contribution in [1.82, 2.24) is 4.98 Å². The number of pyridine rings is 1. The van der Waals surface area contributed by atoms with E-state index >= 15 is 0 Å². The summed E-state index contributed by atoms with van der Waals surface area (Å²) >= 11 is 0. The van der Waals surface area contributed by atoms with Gasteiger partial charge in [-0.05, 0) is 24.8 Å². The zero-order chi connectivity index (χ0) is 9.10. The molecule has 1 saturated carbocycles. The highest BCUT2D eigenvalue weighted by Crippen LogP contribution is 2.30. The zero-order valence-corrected chi connectivity index (χ0v) is 7.75. The Bertz CT molecular complexity index is 323. The molecule has 0 atom stereocenters. The van der Waals surface area contributed by atoms with E-state index in [0.717, 1.165) is 5.56 Å². The zero-order valence-electron chi connectivity index (χ0n) is 7.75. The van der Waals surface area contributed by atoms with E-state index in [4.69, 9.17) is 0 Å². The lowest BCUT2D eigenvalue weighted by Gasteiger charge is -2.20. The number of H-pyrrole nitrogens is 1. The molecule has 0 saturated heterocycles. The van der Waals surface area contributed by atoms with Gasteiger partial charge in [0.25, 0.3) is 5.56 Å². The van der Waals surface area contributed by atoms with Crippen LogP contribution >= 0.6 is 0 Å². The van der Waals surface area contributed by atoms with Gasteiger partial charge >= 0.3 is 0 Å². The molecule has 0 amide bonds. The van der Waals surface area contributed by atoms with E-state index in [1.165, 1.54) is 32.1 Å². The average Bonchev–Trinajstić information content (AvgIpc) is 2.20. The molecule has 1 aromatic heterocycles. The molecular formula is C11H15NO. The first-order valence-corrected chi connectivity index (χ1v) is 5.05. The third-order valence-electron chi connectivity index (χ3n) is 2.89. The van der Waals surface area contributed by atoms with Crippen molar-refractivity contribution in [2.75, 3.05) is 0 Å². The van der Waals surface area contributed by atoms with Gasteiger partial charge in [-0.2, -0.15) is 0 Å². The molecule has 0 bridgehead atoms. The maximum Gasteiger partial charge on any atom is 0.251 e. The van der Waals surface area contributed by atoms with Gasteiger partial charge in [0, 0.05) is 11.8 Å². The van der Waals surface area contributed by atoms with E-state index in [0.29, 0.717) is 5.92 Å². The second-order valence-electron chi connectivity index (χ2n) is 3.79. The van der Waals surface area contributed by atoms with Crippen LogP contribution in [-0.4, -0.2) is 4.98 Å². The summed E-state index contributed by atoms with van der Waals surface area (Å²) in [6, 6.07) is 3.89. The van der Waals surface area contributed by atoms with Crippen LogP contribution in [0, 0.1) is 0 Å². The molecule has 2 rings (SSSR count). The SMILES string of the molecule is O=c1[nH]cccc1C1CCCCC1. The Hall–Kier alpha value is -1.05. The fraction of sp³-hybridized carbons (Fsp3) is 0.545. The van der Waals surface area contributed by atoms with Crippen molar-refractivity contribution >= 4 is 0 Å². The maximum atomic E-state index is 11.5. The number of aromatic nitrogens is 1. The Morgan fingerprint density at radius 2 is 2.00 bits per heavy atom. The van der Waals surface area contributed by atoms with Crippen LogP contribution in [-0.2, 0) is 0 Å². The average molecular weight is 177 g/mol. The third kappa shape index (κ3) is 1.82. The lowest BCUT2D eigenvalue weighted by atomic mass is 9.85. The fourth-order valence-corrected chi connectivity index (χ4v) is 2.17. The highest BCUT2D eigenvalue weighted by Gasteiger charge is 2.17. The molecule has 0 aliphatic heterocycles. The summed E-state index contributed by atoms with van der Waals surface area (Å²) in [5.74, 6) is 0.513. The molecule has 2 nitrogen and oxygen atoms in total. The van der Waals surface area contributed by atoms with Crippen LogP contribution in [0.4, 0.5) is 0 Å². The Morgan fingerprint density at radius 1 is 1.23 bits per heavy atom. The molecule has 0 unspecified atom stereocenters. The molecule has 1 heterocycles. The van der Waals surface area contributed by atoms with Gasteiger partial charge in [0.15, 0.2) is 0 Å². The number of hydrogen-bond acceptors (Lipinski definition) is 1. The second-order valence-corrected chi connectivity index (χ2v) is 3.79. The third-order valence-corrected chi connectivity index (χ3v) is 2.89. The summed E-state index contributed by atoms with van der Waals surface area (Å²) in [7, 11) is 0. The maximum absolute atomic E-state index is 11.5. The van der Waals surface area contributed by atoms with Gasteiger partial charge in [0.1, 0.15) is 0 Å². The lowest BCUT2D eigenvalue weighted by molar-refractivity contribution is 0.441. The monoisotopic (exact) mass is 177 g/mol. The summed E-state index contributed by atoms with van der Waals surface area (Å²) in [5.41, 5.74) is 1.09. The van der Waals surface area contributed by atoms with Crippen molar-refractivity contribution in [2.24, 2.45) is 0 Å². The van der Waals surface area contributed by atoms with E-state index < -0.39 is 0 Å². The highest BCUT2D eigenvalue weighted by molar-refractivity contribution is 5.15. The largest absolute Gasteiger partial charge is 0.329 e. The summed E-state index contributed by atoms with van der Waals surface area (Å²) in [4.78, 5) is 14.2. The number of hydrogen-bond donors (Lipinski definition) is 1. The Balaban J connectivity index is 2.24. The minimum atomic E-state index is 0.106. The van der Waals surface area contributed by atoms with Gasteiger partial charge in [-0.25, -0.2) is 0 Å². The van der Waals surface area contributed by atoms with Gasteiger partial charge in [0.05, 0.1) is 0 Å². The predicted octanol–water partition coefficient (Wildman–Crippen LogP) is 2.42. The lowest BCUT2D eigenvalue weighted by Crippen LogP contribution is -2.17. The first-order chi connectivity index (χ1) is 6.38. The van der Waals surface area contributed by atoms with Crippen molar-refractivity contribution in [3.05, 3.63) is 34.2 Å². The molecule has 70 valence electrons. The van der Waals surface area contributed by atoms with E-state index in [9.17, 15) is 4.79 Å². The van der Waals surface area contributed by atoms with E-state index in [2.05, 4.69) is 4.98 Å². The molecule has 1 aromatic rings. The van der Waals surface area contributed by atoms with Crippen LogP contribution in [0.15, 0.2) is 23.1 Å². The van der Waals surface area contributed by atoms with E-state index in [1.807, 2.05) is 12.1 Å². The van der Waals surface area contributed by atoms with Crippen LogP contribution in [0.3, 0.4) is 0 Å². The van der Waals surface area contributed by atoms with Crippen molar-refractivity contribution < 1.29 is 0 Å². The topological polar surface area (TPSA) is 32.9 Å². The summed E-state index contributed by atoms with van der Waals surface area (Å²) in [6.07, 6.45) is 7.97. The predicted molar refractivity (Wildman–Crippen MR) is 52.9 cm³/mol. The standard InChI is InChI=1S/C11H15NO/c13-11-10(7-4-8-12-11)9-5-2-1-3-6-9/h4,7-9H,1-3,5-6H2,(H,12,13). The minimum absolute atomic E-state index is 0.106. The molecule has 1 aliphatic rings. The van der Waals surface area contributed by atoms with Crippen molar-refractivity contribution in [3.63, 3.8) is 0 Å². The number of rotatable bonds is 1. The first kappa shape index (κ1) is 8.54. The molecule has 1 fully saturated rings. The van der Waals surface area contributed by atoms with Crippen molar-refractivity contribution in [1.29, 1.82) is 0 Å². The quantitative estimate of drug-likeness (QED) is 0.702. The van der Waals surface area contributed by atoms with Gasteiger partial charge in [-0.3, -0.25) is 4.79 Å². The molecule has 2 heteroatoms. The molecule has 13 heavy (non-hydrogen) atoms. The molecular weight excluding hydrogens is 162 g/mol. The molecule has 1 N–H and O–H groups in total. The van der Waals surface area contributed by atoms with Gasteiger partial charge in [0.2, 0.25) is 0 Å². The smallest absolute Gasteiger partial charge is 0.251 e. The van der Waals surface area contributed by atoms with Crippen LogP contribution in [0.2, 0.25) is 0 Å². The van der Waals surface area contributed by atoms with Crippen LogP contribution in [0.25, 0.3) is 0 Å². The van der Waals surface area contributed by atoms with E-state index in [-0.39, 0.29) is 5.56 Å². The normalized spacial score (nSPS) is 18.8. The van der Waals surface area contributed by atoms with Crippen molar-refractivity contribution in [2.45, 2.75) is 38.0 Å². The van der Waals surface area contributed by atoms with Gasteiger partial charge < -0.3 is 4.98 Å². The Morgan fingerprint density at radius 3 is 2.69 bits per heavy atom. The molecule has 0 radical (unpaired) electrons. The van der Waals surface area contributed by atoms with E-state index in [1.54, 1.807) is 6.20 Å². The van der Waals surface area contributed by atoms with Crippen LogP contribution < -0.4 is 5.56 Å². The fourth-order valence-electron chi connectivity index (χ4n) is 2.17. The second kappa shape index (κ2) is 3.77. The highest BCUT2D eigenvalue weighted by atomic mass is 16.1.